The van der Waals surface area contributed by atoms with E-state index < -0.39 is 0 Å². The lowest BCUT2D eigenvalue weighted by molar-refractivity contribution is 0.415. The van der Waals surface area contributed by atoms with E-state index in [1.54, 1.807) is 18.4 Å². The molecule has 0 amide bonds. The van der Waals surface area contributed by atoms with Crippen LogP contribution in [0.5, 0.6) is 5.75 Å². The average molecular weight is 370 g/mol. The van der Waals surface area contributed by atoms with Gasteiger partial charge >= 0.3 is 0 Å². The highest BCUT2D eigenvalue weighted by Gasteiger charge is 2.17. The number of thiazole rings is 1. The minimum atomic E-state index is 0.603. The van der Waals surface area contributed by atoms with Crippen molar-refractivity contribution < 1.29 is 4.74 Å². The van der Waals surface area contributed by atoms with E-state index in [9.17, 15) is 0 Å². The van der Waals surface area contributed by atoms with E-state index in [0.29, 0.717) is 6.54 Å². The zero-order valence-electron chi connectivity index (χ0n) is 15.6. The first-order chi connectivity index (χ1) is 12.7. The molecule has 0 radical (unpaired) electrons. The van der Waals surface area contributed by atoms with Crippen molar-refractivity contribution in [3.8, 4) is 17.0 Å². The van der Waals surface area contributed by atoms with Crippen LogP contribution in [0.1, 0.15) is 39.0 Å². The van der Waals surface area contributed by atoms with Crippen molar-refractivity contribution in [1.82, 2.24) is 4.68 Å². The zero-order valence-corrected chi connectivity index (χ0v) is 16.5. The van der Waals surface area contributed by atoms with Gasteiger partial charge in [-0.1, -0.05) is 19.4 Å². The van der Waals surface area contributed by atoms with Crippen LogP contribution >= 0.6 is 11.3 Å². The number of rotatable bonds is 6. The first-order valence-corrected chi connectivity index (χ1v) is 10.2. The number of methoxy groups -OCH3 is 1. The van der Waals surface area contributed by atoms with Gasteiger partial charge in [-0.25, -0.2) is 4.68 Å². The lowest BCUT2D eigenvalue weighted by atomic mass is 9.86. The van der Waals surface area contributed by atoms with Gasteiger partial charge in [0.25, 0.3) is 0 Å². The summed E-state index contributed by atoms with van der Waals surface area (Å²) in [4.78, 5) is 5.55. The van der Waals surface area contributed by atoms with Crippen molar-refractivity contribution in [2.75, 3.05) is 13.7 Å². The van der Waals surface area contributed by atoms with Crippen LogP contribution in [-0.2, 0) is 0 Å². The number of benzene rings is 1. The smallest absolute Gasteiger partial charge is 0.206 e. The summed E-state index contributed by atoms with van der Waals surface area (Å²) < 4.78 is 7.29. The molecule has 1 aliphatic carbocycles. The van der Waals surface area contributed by atoms with Crippen molar-refractivity contribution in [1.29, 1.82) is 0 Å². The fourth-order valence-corrected chi connectivity index (χ4v) is 4.11. The summed E-state index contributed by atoms with van der Waals surface area (Å²) in [6.45, 7) is 6.66. The van der Waals surface area contributed by atoms with E-state index in [0.717, 1.165) is 40.6 Å². The second-order valence-corrected chi connectivity index (χ2v) is 7.43. The Kier molecular flexibility index (Phi) is 6.45. The molecule has 1 aromatic carbocycles. The Bertz CT molecular complexity index is 820. The number of hydrogen-bond acceptors (Lipinski definition) is 4. The molecule has 138 valence electrons. The van der Waals surface area contributed by atoms with Crippen LogP contribution in [0.15, 0.2) is 52.4 Å². The molecule has 1 heterocycles. The maximum absolute atomic E-state index is 5.27. The van der Waals surface area contributed by atoms with E-state index in [1.165, 1.54) is 25.0 Å². The van der Waals surface area contributed by atoms with Gasteiger partial charge in [0, 0.05) is 16.7 Å². The largest absolute Gasteiger partial charge is 0.497 e. The van der Waals surface area contributed by atoms with E-state index in [2.05, 4.69) is 36.0 Å². The zero-order chi connectivity index (χ0) is 18.4. The normalized spacial score (nSPS) is 18.0. The van der Waals surface area contributed by atoms with Gasteiger partial charge in [-0.2, -0.15) is 5.10 Å². The van der Waals surface area contributed by atoms with E-state index in [-0.39, 0.29) is 0 Å². The monoisotopic (exact) mass is 369 g/mol. The van der Waals surface area contributed by atoms with Gasteiger partial charge in [0.05, 0.1) is 19.3 Å². The standard InChI is InChI=1S/C21H27N3OS/c1-4-14-22-21-24(23-18-10-6-16(5-2)7-11-18)20(15-26-21)17-8-12-19(25-3)13-9-17/h4,8-9,12-13,15-16H,1,5-7,10-11,14H2,2-3H3. The molecule has 4 nitrogen and oxygen atoms in total. The molecule has 1 aliphatic rings. The molecule has 0 spiro atoms. The number of ether oxygens (including phenoxy) is 1. The highest BCUT2D eigenvalue weighted by Crippen LogP contribution is 2.27. The molecule has 0 aliphatic heterocycles. The molecule has 0 saturated heterocycles. The first-order valence-electron chi connectivity index (χ1n) is 9.28. The highest BCUT2D eigenvalue weighted by molar-refractivity contribution is 7.07. The molecule has 0 N–H and O–H groups in total. The van der Waals surface area contributed by atoms with Crippen LogP contribution in [0.4, 0.5) is 0 Å². The van der Waals surface area contributed by atoms with E-state index >= 15 is 0 Å². The van der Waals surface area contributed by atoms with Crippen LogP contribution in [0.2, 0.25) is 0 Å². The minimum Gasteiger partial charge on any atom is -0.497 e. The Morgan fingerprint density at radius 3 is 2.62 bits per heavy atom. The number of hydrogen-bond donors (Lipinski definition) is 0. The quantitative estimate of drug-likeness (QED) is 0.652. The van der Waals surface area contributed by atoms with Crippen LogP contribution in [0.25, 0.3) is 11.3 Å². The Balaban J connectivity index is 1.97. The Morgan fingerprint density at radius 2 is 2.00 bits per heavy atom. The van der Waals surface area contributed by atoms with E-state index in [4.69, 9.17) is 9.84 Å². The summed E-state index contributed by atoms with van der Waals surface area (Å²) in [6, 6.07) is 8.11. The van der Waals surface area contributed by atoms with Crippen molar-refractivity contribution >= 4 is 17.0 Å². The van der Waals surface area contributed by atoms with Gasteiger partial charge in [-0.15, -0.1) is 17.9 Å². The van der Waals surface area contributed by atoms with Gasteiger partial charge < -0.3 is 4.74 Å². The van der Waals surface area contributed by atoms with Gasteiger partial charge in [0.2, 0.25) is 4.80 Å². The average Bonchev–Trinajstić information content (AvgIpc) is 3.09. The third kappa shape index (κ3) is 4.33. The molecule has 0 unspecified atom stereocenters. The summed E-state index contributed by atoms with van der Waals surface area (Å²) in [7, 11) is 1.69. The minimum absolute atomic E-state index is 0.603. The Labute approximate surface area is 159 Å². The third-order valence-corrected chi connectivity index (χ3v) is 5.78. The maximum Gasteiger partial charge on any atom is 0.206 e. The van der Waals surface area contributed by atoms with Gasteiger partial charge in [-0.05, 0) is 55.9 Å². The van der Waals surface area contributed by atoms with Crippen LogP contribution in [-0.4, -0.2) is 24.0 Å². The maximum atomic E-state index is 5.27. The topological polar surface area (TPSA) is 38.9 Å². The van der Waals surface area contributed by atoms with Crippen LogP contribution < -0.4 is 9.54 Å². The summed E-state index contributed by atoms with van der Waals surface area (Å²) in [6.07, 6.45) is 7.76. The number of aromatic nitrogens is 1. The van der Waals surface area contributed by atoms with Crippen molar-refractivity contribution in [3.05, 3.63) is 47.1 Å². The summed E-state index contributed by atoms with van der Waals surface area (Å²) in [5.74, 6) is 1.71. The molecular weight excluding hydrogens is 342 g/mol. The molecule has 1 saturated carbocycles. The van der Waals surface area contributed by atoms with Crippen LogP contribution in [0.3, 0.4) is 0 Å². The molecule has 2 aromatic rings. The SMILES string of the molecule is C=CCN=c1scc(-c2ccc(OC)cc2)n1N=C1CCC(CC)CC1. The molecule has 26 heavy (non-hydrogen) atoms. The van der Waals surface area contributed by atoms with Crippen molar-refractivity contribution in [2.24, 2.45) is 16.0 Å². The second-order valence-electron chi connectivity index (χ2n) is 6.59. The van der Waals surface area contributed by atoms with Crippen LogP contribution in [0, 0.1) is 5.92 Å². The molecule has 5 heteroatoms. The predicted octanol–water partition coefficient (Wildman–Crippen LogP) is 5.12. The van der Waals surface area contributed by atoms with Crippen molar-refractivity contribution in [3.63, 3.8) is 0 Å². The lowest BCUT2D eigenvalue weighted by Gasteiger charge is -2.21. The summed E-state index contributed by atoms with van der Waals surface area (Å²) in [5, 5.41) is 7.13. The predicted molar refractivity (Wildman–Crippen MR) is 110 cm³/mol. The molecule has 1 aromatic heterocycles. The fourth-order valence-electron chi connectivity index (χ4n) is 3.27. The molecule has 0 atom stereocenters. The van der Waals surface area contributed by atoms with Crippen molar-refractivity contribution in [2.45, 2.75) is 39.0 Å². The number of nitrogens with zero attached hydrogens (tertiary/aromatic N) is 3. The molecule has 3 rings (SSSR count). The Hall–Kier alpha value is -2.14. The van der Waals surface area contributed by atoms with Gasteiger partial charge in [0.1, 0.15) is 5.75 Å². The van der Waals surface area contributed by atoms with E-state index in [1.807, 2.05) is 22.9 Å². The molecule has 0 bridgehead atoms. The van der Waals surface area contributed by atoms with Gasteiger partial charge in [0.15, 0.2) is 0 Å². The summed E-state index contributed by atoms with van der Waals surface area (Å²) in [5.41, 5.74) is 3.47. The van der Waals surface area contributed by atoms with Gasteiger partial charge in [-0.3, -0.25) is 4.99 Å². The summed E-state index contributed by atoms with van der Waals surface area (Å²) >= 11 is 1.62. The molecular formula is C21H27N3OS. The second kappa shape index (κ2) is 8.99. The highest BCUT2D eigenvalue weighted by atomic mass is 32.1. The lowest BCUT2D eigenvalue weighted by Crippen LogP contribution is -2.19. The third-order valence-electron chi connectivity index (χ3n) is 4.93. The fraction of sp³-hybridized carbons (Fsp3) is 0.429. The first kappa shape index (κ1) is 18.6. The Morgan fingerprint density at radius 1 is 1.27 bits per heavy atom. The molecule has 1 fully saturated rings.